The summed E-state index contributed by atoms with van der Waals surface area (Å²) in [6.45, 7) is 6.19. The molecule has 1 unspecified atom stereocenters. The molecular formula is C17H21F3N2. The number of halogens is 3. The van der Waals surface area contributed by atoms with Gasteiger partial charge in [-0.25, -0.2) is 0 Å². The van der Waals surface area contributed by atoms with Crippen LogP contribution in [-0.4, -0.2) is 9.78 Å². The minimum atomic E-state index is -4.30. The third kappa shape index (κ3) is 3.70. The van der Waals surface area contributed by atoms with Crippen LogP contribution in [0.4, 0.5) is 13.2 Å². The van der Waals surface area contributed by atoms with Gasteiger partial charge in [0.15, 0.2) is 0 Å². The molecule has 0 saturated heterocycles. The maximum absolute atomic E-state index is 12.6. The molecule has 0 aliphatic carbocycles. The highest BCUT2D eigenvalue weighted by Gasteiger charge is 2.30. The highest BCUT2D eigenvalue weighted by molar-refractivity contribution is 5.62. The molecule has 1 aromatic carbocycles. The number of hydrogen-bond acceptors (Lipinski definition) is 1. The second kappa shape index (κ2) is 6.55. The van der Waals surface area contributed by atoms with Crippen molar-refractivity contribution in [1.82, 2.24) is 9.78 Å². The van der Waals surface area contributed by atoms with Gasteiger partial charge in [-0.3, -0.25) is 4.68 Å². The molecule has 22 heavy (non-hydrogen) atoms. The molecule has 0 aliphatic heterocycles. The molecule has 0 radical (unpaired) electrons. The molecule has 0 bridgehead atoms. The lowest BCUT2D eigenvalue weighted by Gasteiger charge is -2.11. The summed E-state index contributed by atoms with van der Waals surface area (Å²) in [5.74, 6) is 0. The summed E-state index contributed by atoms with van der Waals surface area (Å²) in [4.78, 5) is 0. The largest absolute Gasteiger partial charge is 0.416 e. The van der Waals surface area contributed by atoms with Gasteiger partial charge in [-0.2, -0.15) is 18.3 Å². The van der Waals surface area contributed by atoms with E-state index in [1.165, 1.54) is 12.1 Å². The lowest BCUT2D eigenvalue weighted by atomic mass is 10.1. The molecule has 0 aliphatic rings. The molecule has 2 nitrogen and oxygen atoms in total. The van der Waals surface area contributed by atoms with E-state index in [2.05, 4.69) is 18.9 Å². The van der Waals surface area contributed by atoms with Crippen LogP contribution in [0.15, 0.2) is 30.5 Å². The first-order chi connectivity index (χ1) is 10.3. The standard InChI is InChI=1S/C17H21F3N2/c1-4-5-6-13(3)22-11-12(2)16(21-22)14-7-9-15(10-8-14)17(18,19)20/h7-11,13H,4-6H2,1-3H3. The molecule has 0 N–H and O–H groups in total. The number of aromatic nitrogens is 2. The predicted octanol–water partition coefficient (Wildman–Crippen LogP) is 5.63. The van der Waals surface area contributed by atoms with Gasteiger partial charge in [0, 0.05) is 17.8 Å². The van der Waals surface area contributed by atoms with Crippen LogP contribution >= 0.6 is 0 Å². The highest BCUT2D eigenvalue weighted by Crippen LogP contribution is 2.31. The molecule has 0 spiro atoms. The van der Waals surface area contributed by atoms with E-state index in [-0.39, 0.29) is 0 Å². The van der Waals surface area contributed by atoms with Gasteiger partial charge in [0.1, 0.15) is 0 Å². The van der Waals surface area contributed by atoms with Crippen LogP contribution in [0.25, 0.3) is 11.3 Å². The Labute approximate surface area is 129 Å². The van der Waals surface area contributed by atoms with E-state index in [0.717, 1.165) is 42.7 Å². The molecule has 0 saturated carbocycles. The Morgan fingerprint density at radius 1 is 1.18 bits per heavy atom. The number of alkyl halides is 3. The topological polar surface area (TPSA) is 17.8 Å². The number of nitrogens with zero attached hydrogens (tertiary/aromatic N) is 2. The Balaban J connectivity index is 2.24. The zero-order valence-corrected chi connectivity index (χ0v) is 13.1. The van der Waals surface area contributed by atoms with Crippen molar-refractivity contribution in [2.75, 3.05) is 0 Å². The van der Waals surface area contributed by atoms with E-state index in [1.807, 2.05) is 17.8 Å². The third-order valence-corrected chi connectivity index (χ3v) is 3.83. The summed E-state index contributed by atoms with van der Waals surface area (Å²) in [5, 5.41) is 4.56. The fraction of sp³-hybridized carbons (Fsp3) is 0.471. The normalized spacial score (nSPS) is 13.4. The maximum atomic E-state index is 12.6. The van der Waals surface area contributed by atoms with E-state index in [1.54, 1.807) is 0 Å². The minimum absolute atomic E-state index is 0.293. The summed E-state index contributed by atoms with van der Waals surface area (Å²) in [6.07, 6.45) is 0.977. The van der Waals surface area contributed by atoms with Crippen molar-refractivity contribution in [2.24, 2.45) is 0 Å². The first-order valence-electron chi connectivity index (χ1n) is 7.56. The number of benzene rings is 1. The first-order valence-corrected chi connectivity index (χ1v) is 7.56. The molecule has 120 valence electrons. The summed E-state index contributed by atoms with van der Waals surface area (Å²) in [7, 11) is 0. The van der Waals surface area contributed by atoms with Crippen LogP contribution in [0.3, 0.4) is 0 Å². The lowest BCUT2D eigenvalue weighted by molar-refractivity contribution is -0.137. The summed E-state index contributed by atoms with van der Waals surface area (Å²) in [5.41, 5.74) is 1.80. The van der Waals surface area contributed by atoms with Crippen molar-refractivity contribution in [2.45, 2.75) is 52.3 Å². The van der Waals surface area contributed by atoms with Crippen LogP contribution < -0.4 is 0 Å². The van der Waals surface area contributed by atoms with Crippen molar-refractivity contribution in [3.63, 3.8) is 0 Å². The first kappa shape index (κ1) is 16.6. The molecule has 1 aromatic heterocycles. The third-order valence-electron chi connectivity index (χ3n) is 3.83. The van der Waals surface area contributed by atoms with E-state index < -0.39 is 11.7 Å². The van der Waals surface area contributed by atoms with Crippen molar-refractivity contribution >= 4 is 0 Å². The Morgan fingerprint density at radius 2 is 1.82 bits per heavy atom. The zero-order valence-electron chi connectivity index (χ0n) is 13.1. The summed E-state index contributed by atoms with van der Waals surface area (Å²) in [6, 6.07) is 5.47. The smallest absolute Gasteiger partial charge is 0.269 e. The molecule has 1 heterocycles. The Kier molecular flexibility index (Phi) is 4.94. The van der Waals surface area contributed by atoms with Crippen LogP contribution in [0.5, 0.6) is 0 Å². The van der Waals surface area contributed by atoms with Crippen molar-refractivity contribution in [3.05, 3.63) is 41.6 Å². The predicted molar refractivity (Wildman–Crippen MR) is 81.6 cm³/mol. The lowest BCUT2D eigenvalue weighted by Crippen LogP contribution is -2.06. The van der Waals surface area contributed by atoms with E-state index in [0.29, 0.717) is 11.6 Å². The van der Waals surface area contributed by atoms with Crippen LogP contribution in [0.1, 0.15) is 50.3 Å². The molecule has 5 heteroatoms. The summed E-state index contributed by atoms with van der Waals surface area (Å²) < 4.78 is 39.7. The van der Waals surface area contributed by atoms with E-state index >= 15 is 0 Å². The zero-order chi connectivity index (χ0) is 16.3. The SMILES string of the molecule is CCCCC(C)n1cc(C)c(-c2ccc(C(F)(F)F)cc2)n1. The molecule has 2 aromatic rings. The molecular weight excluding hydrogens is 289 g/mol. The average Bonchev–Trinajstić information content (AvgIpc) is 2.86. The monoisotopic (exact) mass is 310 g/mol. The van der Waals surface area contributed by atoms with Gasteiger partial charge in [0.05, 0.1) is 11.3 Å². The van der Waals surface area contributed by atoms with Crippen LogP contribution in [0.2, 0.25) is 0 Å². The van der Waals surface area contributed by atoms with Crippen LogP contribution in [-0.2, 0) is 6.18 Å². The number of aryl methyl sites for hydroxylation is 1. The number of hydrogen-bond donors (Lipinski definition) is 0. The van der Waals surface area contributed by atoms with Gasteiger partial charge in [-0.15, -0.1) is 0 Å². The number of rotatable bonds is 5. The quantitative estimate of drug-likeness (QED) is 0.700. The molecule has 0 amide bonds. The molecule has 2 rings (SSSR count). The number of unbranched alkanes of at least 4 members (excludes halogenated alkanes) is 1. The van der Waals surface area contributed by atoms with E-state index in [9.17, 15) is 13.2 Å². The van der Waals surface area contributed by atoms with Crippen molar-refractivity contribution in [3.8, 4) is 11.3 Å². The maximum Gasteiger partial charge on any atom is 0.416 e. The van der Waals surface area contributed by atoms with Gasteiger partial charge in [0.2, 0.25) is 0 Å². The van der Waals surface area contributed by atoms with Gasteiger partial charge >= 0.3 is 6.18 Å². The second-order valence-corrected chi connectivity index (χ2v) is 5.71. The van der Waals surface area contributed by atoms with Crippen molar-refractivity contribution in [1.29, 1.82) is 0 Å². The van der Waals surface area contributed by atoms with Crippen molar-refractivity contribution < 1.29 is 13.2 Å². The molecule has 1 atom stereocenters. The Hall–Kier alpha value is -1.78. The average molecular weight is 310 g/mol. The van der Waals surface area contributed by atoms with Gasteiger partial charge in [-0.1, -0.05) is 31.9 Å². The Bertz CT molecular complexity index is 612. The van der Waals surface area contributed by atoms with Gasteiger partial charge in [-0.05, 0) is 38.0 Å². The highest BCUT2D eigenvalue weighted by atomic mass is 19.4. The minimum Gasteiger partial charge on any atom is -0.269 e. The Morgan fingerprint density at radius 3 is 2.36 bits per heavy atom. The fourth-order valence-electron chi connectivity index (χ4n) is 2.44. The summed E-state index contributed by atoms with van der Waals surface area (Å²) >= 11 is 0. The van der Waals surface area contributed by atoms with Crippen LogP contribution in [0, 0.1) is 6.92 Å². The van der Waals surface area contributed by atoms with Gasteiger partial charge in [0.25, 0.3) is 0 Å². The fourth-order valence-corrected chi connectivity index (χ4v) is 2.44. The van der Waals surface area contributed by atoms with E-state index in [4.69, 9.17) is 0 Å². The van der Waals surface area contributed by atoms with Gasteiger partial charge < -0.3 is 0 Å². The molecule has 0 fully saturated rings. The second-order valence-electron chi connectivity index (χ2n) is 5.71.